The van der Waals surface area contributed by atoms with Crippen molar-refractivity contribution in [3.05, 3.63) is 46.3 Å². The van der Waals surface area contributed by atoms with E-state index in [4.69, 9.17) is 4.74 Å². The Balaban J connectivity index is 2.17. The number of aromatic nitrogens is 2. The van der Waals surface area contributed by atoms with Crippen LogP contribution in [0, 0.1) is 10.1 Å². The molecule has 23 heavy (non-hydrogen) atoms. The molecule has 0 aliphatic heterocycles. The molecular weight excluding hydrogens is 318 g/mol. The number of esters is 1. The van der Waals surface area contributed by atoms with Crippen LogP contribution in [0.1, 0.15) is 30.8 Å². The summed E-state index contributed by atoms with van der Waals surface area (Å²) in [6, 6.07) is 6.20. The van der Waals surface area contributed by atoms with E-state index in [0.29, 0.717) is 18.3 Å². The van der Waals surface area contributed by atoms with Gasteiger partial charge in [0.15, 0.2) is 10.9 Å². The molecule has 0 fully saturated rings. The number of hydrogen-bond donors (Lipinski definition) is 0. The minimum atomic E-state index is -0.441. The lowest BCUT2D eigenvalue weighted by molar-refractivity contribution is -0.384. The van der Waals surface area contributed by atoms with Crippen LogP contribution < -0.4 is 0 Å². The fourth-order valence-electron chi connectivity index (χ4n) is 1.82. The van der Waals surface area contributed by atoms with Crippen LogP contribution in [-0.4, -0.2) is 27.1 Å². The van der Waals surface area contributed by atoms with Gasteiger partial charge in [0, 0.05) is 29.8 Å². The summed E-state index contributed by atoms with van der Waals surface area (Å²) in [5, 5.41) is 11.3. The number of rotatable bonds is 7. The molecule has 122 valence electrons. The van der Waals surface area contributed by atoms with E-state index < -0.39 is 10.9 Å². The zero-order chi connectivity index (χ0) is 16.8. The average Bonchev–Trinajstić information content (AvgIpc) is 2.96. The maximum atomic E-state index is 11.9. The van der Waals surface area contributed by atoms with Crippen LogP contribution in [0.25, 0.3) is 0 Å². The first-order valence-electron chi connectivity index (χ1n) is 7.21. The van der Waals surface area contributed by atoms with Crippen molar-refractivity contribution in [1.82, 2.24) is 9.55 Å². The quantitative estimate of drug-likeness (QED) is 0.437. The molecular formula is C15H17N3O4S. The van der Waals surface area contributed by atoms with E-state index in [1.807, 2.05) is 18.4 Å². The molecule has 0 saturated carbocycles. The van der Waals surface area contributed by atoms with E-state index in [2.05, 4.69) is 4.98 Å². The maximum absolute atomic E-state index is 11.9. The smallest absolute Gasteiger partial charge is 0.358 e. The molecule has 0 atom stereocenters. The highest BCUT2D eigenvalue weighted by Crippen LogP contribution is 2.28. The first-order valence-corrected chi connectivity index (χ1v) is 8.03. The Morgan fingerprint density at radius 2 is 2.04 bits per heavy atom. The number of aryl methyl sites for hydroxylation is 1. The Bertz CT molecular complexity index is 697. The van der Waals surface area contributed by atoms with Gasteiger partial charge in [-0.2, -0.15) is 0 Å². The van der Waals surface area contributed by atoms with E-state index in [1.54, 1.807) is 18.3 Å². The molecule has 0 amide bonds. The van der Waals surface area contributed by atoms with Gasteiger partial charge in [0.05, 0.1) is 11.5 Å². The van der Waals surface area contributed by atoms with E-state index in [9.17, 15) is 14.9 Å². The molecule has 1 heterocycles. The van der Waals surface area contributed by atoms with Crippen LogP contribution in [-0.2, 0) is 11.3 Å². The maximum Gasteiger partial charge on any atom is 0.358 e. The van der Waals surface area contributed by atoms with Crippen LogP contribution in [0.4, 0.5) is 5.69 Å². The number of nitro benzene ring substituents is 1. The van der Waals surface area contributed by atoms with Gasteiger partial charge in [0.25, 0.3) is 5.69 Å². The van der Waals surface area contributed by atoms with Gasteiger partial charge in [0.1, 0.15) is 0 Å². The fourth-order valence-corrected chi connectivity index (χ4v) is 2.74. The Hall–Kier alpha value is -2.35. The summed E-state index contributed by atoms with van der Waals surface area (Å²) >= 11 is 1.34. The topological polar surface area (TPSA) is 87.3 Å². The minimum absolute atomic E-state index is 0.0389. The molecule has 2 rings (SSSR count). The zero-order valence-corrected chi connectivity index (χ0v) is 13.7. The van der Waals surface area contributed by atoms with Crippen molar-refractivity contribution in [3.8, 4) is 0 Å². The summed E-state index contributed by atoms with van der Waals surface area (Å²) in [5.41, 5.74) is 0.307. The second-order valence-corrected chi connectivity index (χ2v) is 5.72. The predicted octanol–water partition coefficient (Wildman–Crippen LogP) is 3.53. The lowest BCUT2D eigenvalue weighted by atomic mass is 10.3. The zero-order valence-electron chi connectivity index (χ0n) is 12.9. The summed E-state index contributed by atoms with van der Waals surface area (Å²) in [7, 11) is 0. The summed E-state index contributed by atoms with van der Waals surface area (Å²) in [6.45, 7) is 4.89. The first-order chi connectivity index (χ1) is 11.0. The Morgan fingerprint density at radius 3 is 2.61 bits per heavy atom. The molecule has 0 bridgehead atoms. The van der Waals surface area contributed by atoms with Gasteiger partial charge in [0.2, 0.25) is 0 Å². The highest BCUT2D eigenvalue weighted by molar-refractivity contribution is 7.99. The van der Waals surface area contributed by atoms with Crippen LogP contribution in [0.2, 0.25) is 0 Å². The number of carbonyl (C=O) groups is 1. The molecule has 0 saturated heterocycles. The van der Waals surface area contributed by atoms with Crippen LogP contribution in [0.5, 0.6) is 0 Å². The lowest BCUT2D eigenvalue weighted by Crippen LogP contribution is -2.06. The molecule has 0 spiro atoms. The van der Waals surface area contributed by atoms with Gasteiger partial charge in [-0.3, -0.25) is 10.1 Å². The molecule has 0 N–H and O–H groups in total. The standard InChI is InChI=1S/C15H17N3O4S/c1-3-9-22-14(19)13-10-17(4-2)15(16-13)23-12-7-5-11(6-8-12)18(20)21/h5-8,10H,3-4,9H2,1-2H3. The van der Waals surface area contributed by atoms with Crippen molar-refractivity contribution in [2.45, 2.75) is 36.9 Å². The highest BCUT2D eigenvalue weighted by Gasteiger charge is 2.16. The Morgan fingerprint density at radius 1 is 1.35 bits per heavy atom. The van der Waals surface area contributed by atoms with Crippen molar-refractivity contribution in [1.29, 1.82) is 0 Å². The van der Waals surface area contributed by atoms with Crippen molar-refractivity contribution in [3.63, 3.8) is 0 Å². The lowest BCUT2D eigenvalue weighted by Gasteiger charge is -2.03. The second kappa shape index (κ2) is 7.77. The normalized spacial score (nSPS) is 10.5. The number of non-ortho nitro benzene ring substituents is 1. The van der Waals surface area contributed by atoms with Crippen LogP contribution in [0.3, 0.4) is 0 Å². The third kappa shape index (κ3) is 4.32. The van der Waals surface area contributed by atoms with E-state index in [0.717, 1.165) is 11.3 Å². The molecule has 7 nitrogen and oxygen atoms in total. The third-order valence-electron chi connectivity index (χ3n) is 2.98. The minimum Gasteiger partial charge on any atom is -0.461 e. The molecule has 1 aromatic carbocycles. The van der Waals surface area contributed by atoms with Gasteiger partial charge in [-0.25, -0.2) is 9.78 Å². The largest absolute Gasteiger partial charge is 0.461 e. The molecule has 1 aromatic heterocycles. The van der Waals surface area contributed by atoms with Crippen molar-refractivity contribution >= 4 is 23.4 Å². The summed E-state index contributed by atoms with van der Waals surface area (Å²) in [5.74, 6) is -0.440. The number of benzene rings is 1. The molecule has 0 aliphatic rings. The van der Waals surface area contributed by atoms with Crippen molar-refractivity contribution in [2.75, 3.05) is 6.61 Å². The third-order valence-corrected chi connectivity index (χ3v) is 4.00. The van der Waals surface area contributed by atoms with E-state index in [1.165, 1.54) is 23.9 Å². The number of nitrogens with zero attached hydrogens (tertiary/aromatic N) is 3. The number of imidazole rings is 1. The predicted molar refractivity (Wildman–Crippen MR) is 85.7 cm³/mol. The number of ether oxygens (including phenoxy) is 1. The summed E-state index contributed by atoms with van der Waals surface area (Å²) in [4.78, 5) is 27.2. The molecule has 2 aromatic rings. The van der Waals surface area contributed by atoms with E-state index in [-0.39, 0.29) is 11.4 Å². The van der Waals surface area contributed by atoms with Gasteiger partial charge in [-0.05, 0) is 25.5 Å². The van der Waals surface area contributed by atoms with Gasteiger partial charge < -0.3 is 9.30 Å². The SMILES string of the molecule is CCCOC(=O)c1cn(CC)c(Sc2ccc([N+](=O)[O-])cc2)n1. The highest BCUT2D eigenvalue weighted by atomic mass is 32.2. The molecule has 0 unspecified atom stereocenters. The number of hydrogen-bond acceptors (Lipinski definition) is 6. The molecule has 0 radical (unpaired) electrons. The van der Waals surface area contributed by atoms with Crippen molar-refractivity contribution in [2.24, 2.45) is 0 Å². The molecule has 8 heteroatoms. The first kappa shape index (κ1) is 17.0. The fraction of sp³-hybridized carbons (Fsp3) is 0.333. The monoisotopic (exact) mass is 335 g/mol. The summed E-state index contributed by atoms with van der Waals surface area (Å²) < 4.78 is 6.93. The van der Waals surface area contributed by atoms with Crippen LogP contribution >= 0.6 is 11.8 Å². The molecule has 0 aliphatic carbocycles. The van der Waals surface area contributed by atoms with Gasteiger partial charge in [-0.1, -0.05) is 18.7 Å². The van der Waals surface area contributed by atoms with E-state index >= 15 is 0 Å². The number of carbonyl (C=O) groups excluding carboxylic acids is 1. The summed E-state index contributed by atoms with van der Waals surface area (Å²) in [6.07, 6.45) is 2.41. The van der Waals surface area contributed by atoms with Crippen LogP contribution in [0.15, 0.2) is 40.5 Å². The average molecular weight is 335 g/mol. The Labute approximate surface area is 137 Å². The number of nitro groups is 1. The Kier molecular flexibility index (Phi) is 5.75. The second-order valence-electron chi connectivity index (χ2n) is 4.68. The van der Waals surface area contributed by atoms with Gasteiger partial charge in [-0.15, -0.1) is 0 Å². The van der Waals surface area contributed by atoms with Crippen molar-refractivity contribution < 1.29 is 14.5 Å². The van der Waals surface area contributed by atoms with Gasteiger partial charge >= 0.3 is 5.97 Å².